The first kappa shape index (κ1) is 24.0. The number of rotatable bonds is 5. The van der Waals surface area contributed by atoms with Gasteiger partial charge < -0.3 is 18.9 Å². The lowest BCUT2D eigenvalue weighted by Crippen LogP contribution is -2.33. The van der Waals surface area contributed by atoms with Gasteiger partial charge in [0.15, 0.2) is 28.8 Å². The molecule has 0 unspecified atom stereocenters. The average Bonchev–Trinajstić information content (AvgIpc) is 3.35. The summed E-state index contributed by atoms with van der Waals surface area (Å²) in [6.45, 7) is 4.15. The summed E-state index contributed by atoms with van der Waals surface area (Å²) < 4.78 is 24.6. The van der Waals surface area contributed by atoms with Crippen LogP contribution in [0.5, 0.6) is 23.1 Å². The number of hydrogen-bond donors (Lipinski definition) is 0. The van der Waals surface area contributed by atoms with Crippen LogP contribution in [0.2, 0.25) is 0 Å². The summed E-state index contributed by atoms with van der Waals surface area (Å²) in [6.07, 6.45) is 2.64. The van der Waals surface area contributed by atoms with Gasteiger partial charge in [-0.1, -0.05) is 32.0 Å². The van der Waals surface area contributed by atoms with E-state index >= 15 is 0 Å². The summed E-state index contributed by atoms with van der Waals surface area (Å²) in [6, 6.07) is 13.3. The Bertz CT molecular complexity index is 1620. The Kier molecular flexibility index (Phi) is 5.59. The fraction of sp³-hybridized carbons (Fsp3) is 0.310. The van der Waals surface area contributed by atoms with Crippen molar-refractivity contribution in [2.24, 2.45) is 5.41 Å². The molecule has 0 radical (unpaired) electrons. The SMILES string of the molecule is COc1ccc([C@@H]2C3=C(CC(C)(C)CC3=O)Oc3ncn4nc(-c5ccccc5OC)nc4c32)cc1OC. The summed E-state index contributed by atoms with van der Waals surface area (Å²) in [4.78, 5) is 23.2. The normalized spacial score (nSPS) is 18.0. The van der Waals surface area contributed by atoms with Gasteiger partial charge in [-0.3, -0.25) is 4.79 Å². The number of carbonyl (C=O) groups excluding carboxylic acids is 1. The molecule has 9 nitrogen and oxygen atoms in total. The molecular formula is C29H28N4O5. The van der Waals surface area contributed by atoms with Gasteiger partial charge in [0.05, 0.1) is 38.4 Å². The lowest BCUT2D eigenvalue weighted by atomic mass is 9.70. The monoisotopic (exact) mass is 512 g/mol. The largest absolute Gasteiger partial charge is 0.496 e. The average molecular weight is 513 g/mol. The molecule has 2 aromatic carbocycles. The van der Waals surface area contributed by atoms with Crippen molar-refractivity contribution in [3.05, 3.63) is 71.3 Å². The second kappa shape index (κ2) is 8.86. The summed E-state index contributed by atoms with van der Waals surface area (Å²) >= 11 is 0. The molecule has 2 aromatic heterocycles. The third-order valence-corrected chi connectivity index (χ3v) is 7.15. The zero-order valence-electron chi connectivity index (χ0n) is 21.9. The van der Waals surface area contributed by atoms with Gasteiger partial charge in [0.1, 0.15) is 17.8 Å². The molecule has 0 saturated carbocycles. The van der Waals surface area contributed by atoms with Gasteiger partial charge in [-0.05, 0) is 35.2 Å². The topological polar surface area (TPSA) is 97.1 Å². The van der Waals surface area contributed by atoms with Crippen molar-refractivity contribution in [2.45, 2.75) is 32.6 Å². The highest BCUT2D eigenvalue weighted by Gasteiger charge is 2.44. The van der Waals surface area contributed by atoms with Crippen LogP contribution in [-0.4, -0.2) is 46.7 Å². The standard InChI is InChI=1S/C29H28N4O5/c1-29(2)13-18(34)24-22(14-29)38-28-25(23(24)16-10-11-20(36-4)21(12-16)37-5)27-31-26(32-33(27)15-30-28)17-8-6-7-9-19(17)35-3/h6-12,15,23H,13-14H2,1-5H3/t23-/m1/s1. The van der Waals surface area contributed by atoms with Crippen molar-refractivity contribution in [1.29, 1.82) is 0 Å². The minimum atomic E-state index is -0.469. The van der Waals surface area contributed by atoms with E-state index < -0.39 is 5.92 Å². The Hall–Kier alpha value is -4.40. The van der Waals surface area contributed by atoms with Crippen molar-refractivity contribution in [1.82, 2.24) is 19.6 Å². The van der Waals surface area contributed by atoms with E-state index in [9.17, 15) is 4.79 Å². The third-order valence-electron chi connectivity index (χ3n) is 7.15. The van der Waals surface area contributed by atoms with Gasteiger partial charge in [-0.25, -0.2) is 14.5 Å². The van der Waals surface area contributed by atoms with Crippen molar-refractivity contribution in [2.75, 3.05) is 21.3 Å². The van der Waals surface area contributed by atoms with Crippen LogP contribution in [0.25, 0.3) is 17.0 Å². The molecule has 0 fully saturated rings. The second-order valence-electron chi connectivity index (χ2n) is 10.3. The van der Waals surface area contributed by atoms with E-state index in [-0.39, 0.29) is 11.2 Å². The molecule has 194 valence electrons. The zero-order valence-corrected chi connectivity index (χ0v) is 21.9. The third kappa shape index (κ3) is 3.77. The molecule has 0 spiro atoms. The van der Waals surface area contributed by atoms with Crippen LogP contribution in [0.4, 0.5) is 0 Å². The van der Waals surface area contributed by atoms with Crippen molar-refractivity contribution >= 4 is 11.4 Å². The minimum absolute atomic E-state index is 0.0492. The molecule has 0 N–H and O–H groups in total. The van der Waals surface area contributed by atoms with Crippen molar-refractivity contribution in [3.8, 4) is 34.5 Å². The summed E-state index contributed by atoms with van der Waals surface area (Å²) in [5.74, 6) is 2.97. The molecule has 1 aliphatic heterocycles. The molecule has 4 aromatic rings. The number of nitrogens with zero attached hydrogens (tertiary/aromatic N) is 4. The van der Waals surface area contributed by atoms with E-state index in [2.05, 4.69) is 18.8 Å². The van der Waals surface area contributed by atoms with Crippen LogP contribution in [0.1, 0.15) is 43.7 Å². The molecule has 9 heteroatoms. The summed E-state index contributed by atoms with van der Waals surface area (Å²) in [5, 5.41) is 4.70. The maximum atomic E-state index is 13.7. The van der Waals surface area contributed by atoms with Crippen molar-refractivity contribution < 1.29 is 23.7 Å². The first-order chi connectivity index (χ1) is 18.3. The molecule has 1 aliphatic carbocycles. The second-order valence-corrected chi connectivity index (χ2v) is 10.3. The van der Waals surface area contributed by atoms with E-state index in [1.54, 1.807) is 32.2 Å². The summed E-state index contributed by atoms with van der Waals surface area (Å²) in [7, 11) is 4.80. The van der Waals surface area contributed by atoms with Crippen LogP contribution in [0, 0.1) is 5.41 Å². The number of carbonyl (C=O) groups is 1. The molecule has 1 atom stereocenters. The number of methoxy groups -OCH3 is 3. The van der Waals surface area contributed by atoms with E-state index in [1.165, 1.54) is 0 Å². The molecule has 0 amide bonds. The molecule has 38 heavy (non-hydrogen) atoms. The predicted octanol–water partition coefficient (Wildman–Crippen LogP) is 4.98. The fourth-order valence-corrected chi connectivity index (χ4v) is 5.45. The van der Waals surface area contributed by atoms with Gasteiger partial charge in [0.2, 0.25) is 5.88 Å². The Morgan fingerprint density at radius 3 is 2.50 bits per heavy atom. The van der Waals surface area contributed by atoms with Crippen molar-refractivity contribution in [3.63, 3.8) is 0 Å². The van der Waals surface area contributed by atoms with E-state index in [0.717, 1.165) is 11.1 Å². The highest BCUT2D eigenvalue weighted by molar-refractivity contribution is 6.00. The van der Waals surface area contributed by atoms with Gasteiger partial charge in [-0.2, -0.15) is 0 Å². The lowest BCUT2D eigenvalue weighted by Gasteiger charge is -2.37. The van der Waals surface area contributed by atoms with Gasteiger partial charge >= 0.3 is 0 Å². The van der Waals surface area contributed by atoms with E-state index in [1.807, 2.05) is 42.5 Å². The Morgan fingerprint density at radius 1 is 0.974 bits per heavy atom. The highest BCUT2D eigenvalue weighted by atomic mass is 16.5. The van der Waals surface area contributed by atoms with E-state index in [4.69, 9.17) is 29.0 Å². The maximum absolute atomic E-state index is 13.7. The number of allylic oxidation sites excluding steroid dienone is 2. The molecule has 6 rings (SSSR count). The number of fused-ring (bicyclic) bond motifs is 3. The fourth-order valence-electron chi connectivity index (χ4n) is 5.45. The van der Waals surface area contributed by atoms with Gasteiger partial charge in [0, 0.05) is 18.4 Å². The van der Waals surface area contributed by atoms with Crippen LogP contribution >= 0.6 is 0 Å². The molecule has 2 aliphatic rings. The van der Waals surface area contributed by atoms with Gasteiger partial charge in [-0.15, -0.1) is 5.10 Å². The lowest BCUT2D eigenvalue weighted by molar-refractivity contribution is -0.118. The number of benzene rings is 2. The van der Waals surface area contributed by atoms with Gasteiger partial charge in [0.25, 0.3) is 0 Å². The Morgan fingerprint density at radius 2 is 1.74 bits per heavy atom. The molecule has 0 bridgehead atoms. The number of hydrogen-bond acceptors (Lipinski definition) is 8. The van der Waals surface area contributed by atoms with Crippen LogP contribution < -0.4 is 18.9 Å². The predicted molar refractivity (Wildman–Crippen MR) is 140 cm³/mol. The number of aromatic nitrogens is 4. The number of para-hydroxylation sites is 1. The maximum Gasteiger partial charge on any atom is 0.228 e. The minimum Gasteiger partial charge on any atom is -0.496 e. The number of Topliss-reactive ketones (excluding diaryl/α,β-unsaturated/α-hetero) is 1. The number of ketones is 1. The Balaban J connectivity index is 1.61. The Labute approximate surface area is 220 Å². The molecule has 3 heterocycles. The van der Waals surface area contributed by atoms with Crippen LogP contribution in [0.3, 0.4) is 0 Å². The molecule has 0 saturated heterocycles. The number of ether oxygens (including phenoxy) is 4. The molecular weight excluding hydrogens is 484 g/mol. The smallest absolute Gasteiger partial charge is 0.228 e. The highest BCUT2D eigenvalue weighted by Crippen LogP contribution is 2.51. The van der Waals surface area contributed by atoms with E-state index in [0.29, 0.717) is 64.3 Å². The van der Waals surface area contributed by atoms with Crippen LogP contribution in [-0.2, 0) is 4.79 Å². The first-order valence-corrected chi connectivity index (χ1v) is 12.4. The zero-order chi connectivity index (χ0) is 26.6. The summed E-state index contributed by atoms with van der Waals surface area (Å²) in [5.41, 5.74) is 3.25. The quantitative estimate of drug-likeness (QED) is 0.369. The first-order valence-electron chi connectivity index (χ1n) is 12.4. The van der Waals surface area contributed by atoms with Crippen LogP contribution in [0.15, 0.2) is 60.1 Å².